The van der Waals surface area contributed by atoms with E-state index in [1.807, 2.05) is 47.2 Å². The second kappa shape index (κ2) is 10.0. The average Bonchev–Trinajstić information content (AvgIpc) is 3.34. The molecule has 4 aromatic rings. The second-order valence-corrected chi connectivity index (χ2v) is 9.97. The minimum atomic E-state index is -3.81. The number of hydrogen-bond acceptors (Lipinski definition) is 5. The summed E-state index contributed by atoms with van der Waals surface area (Å²) >= 11 is 1.55. The summed E-state index contributed by atoms with van der Waals surface area (Å²) in [5.41, 5.74) is 3.76. The molecular formula is C26H23NO4S2. The fourth-order valence-corrected chi connectivity index (χ4v) is 5.40. The molecule has 1 N–H and O–H groups in total. The van der Waals surface area contributed by atoms with Crippen LogP contribution in [0.5, 0.6) is 5.75 Å². The highest BCUT2D eigenvalue weighted by molar-refractivity contribution is 7.92. The first-order chi connectivity index (χ1) is 16.0. The minimum absolute atomic E-state index is 0.0263. The number of carbonyl (C=O) groups excluding carboxylic acids is 1. The summed E-state index contributed by atoms with van der Waals surface area (Å²) in [6.45, 7) is 0. The Kier molecular flexibility index (Phi) is 6.91. The lowest BCUT2D eigenvalue weighted by Crippen LogP contribution is -2.14. The number of sulfonamides is 1. The standard InChI is InChI=1S/C26H23NO4S2/c1-31-26-10-6-5-7-19(26)15-23(28)16-21-17-24(11-12-25(21)20-13-14-32-18-20)33(29,30)27-22-8-3-2-4-9-22/h2-14,17-18,27H,15-16H2,1H3. The molecule has 0 aliphatic carbocycles. The first-order valence-electron chi connectivity index (χ1n) is 10.3. The summed E-state index contributed by atoms with van der Waals surface area (Å²) in [5, 5.41) is 3.94. The third kappa shape index (κ3) is 5.50. The molecular weight excluding hydrogens is 454 g/mol. The molecule has 0 radical (unpaired) electrons. The Balaban J connectivity index is 1.65. The number of ether oxygens (including phenoxy) is 1. The van der Waals surface area contributed by atoms with E-state index in [1.165, 1.54) is 0 Å². The van der Waals surface area contributed by atoms with Crippen LogP contribution in [0.4, 0.5) is 5.69 Å². The van der Waals surface area contributed by atoms with Crippen LogP contribution in [0.1, 0.15) is 11.1 Å². The maximum absolute atomic E-state index is 13.0. The molecule has 0 saturated heterocycles. The molecule has 1 aromatic heterocycles. The van der Waals surface area contributed by atoms with Crippen LogP contribution in [-0.4, -0.2) is 21.3 Å². The SMILES string of the molecule is COc1ccccc1CC(=O)Cc1cc(S(=O)(=O)Nc2ccccc2)ccc1-c1ccsc1. The van der Waals surface area contributed by atoms with Crippen molar-refractivity contribution in [3.63, 3.8) is 0 Å². The lowest BCUT2D eigenvalue weighted by molar-refractivity contribution is -0.117. The number of ketones is 1. The van der Waals surface area contributed by atoms with Gasteiger partial charge in [0.2, 0.25) is 0 Å². The molecule has 1 heterocycles. The number of thiophene rings is 1. The van der Waals surface area contributed by atoms with E-state index in [0.717, 1.165) is 16.7 Å². The van der Waals surface area contributed by atoms with E-state index < -0.39 is 10.0 Å². The number of nitrogens with one attached hydrogen (secondary N) is 1. The number of carbonyl (C=O) groups is 1. The molecule has 5 nitrogen and oxygen atoms in total. The molecule has 7 heteroatoms. The van der Waals surface area contributed by atoms with Gasteiger partial charge in [0.15, 0.2) is 0 Å². The maximum atomic E-state index is 13.0. The van der Waals surface area contributed by atoms with E-state index >= 15 is 0 Å². The normalized spacial score (nSPS) is 11.2. The zero-order valence-corrected chi connectivity index (χ0v) is 19.7. The Morgan fingerprint density at radius 2 is 1.64 bits per heavy atom. The molecule has 0 spiro atoms. The predicted octanol–water partition coefficient (Wildman–Crippen LogP) is 5.58. The molecule has 0 atom stereocenters. The Morgan fingerprint density at radius 3 is 2.36 bits per heavy atom. The van der Waals surface area contributed by atoms with E-state index in [1.54, 1.807) is 60.9 Å². The number of Topliss-reactive ketones (excluding diaryl/α,β-unsaturated/α-hetero) is 1. The van der Waals surface area contributed by atoms with Gasteiger partial charge < -0.3 is 4.74 Å². The van der Waals surface area contributed by atoms with Crippen LogP contribution in [0.2, 0.25) is 0 Å². The highest BCUT2D eigenvalue weighted by Gasteiger charge is 2.19. The van der Waals surface area contributed by atoms with Crippen LogP contribution in [0, 0.1) is 0 Å². The van der Waals surface area contributed by atoms with Crippen LogP contribution in [0.15, 0.2) is 94.5 Å². The summed E-state index contributed by atoms with van der Waals surface area (Å²) in [6, 6.07) is 23.0. The first kappa shape index (κ1) is 22.8. The molecule has 3 aromatic carbocycles. The molecule has 0 aliphatic heterocycles. The van der Waals surface area contributed by atoms with E-state index in [2.05, 4.69) is 4.72 Å². The summed E-state index contributed by atoms with van der Waals surface area (Å²) in [4.78, 5) is 13.1. The predicted molar refractivity (Wildman–Crippen MR) is 132 cm³/mol. The van der Waals surface area contributed by atoms with Crippen molar-refractivity contribution < 1.29 is 17.9 Å². The van der Waals surface area contributed by atoms with E-state index in [9.17, 15) is 13.2 Å². The molecule has 0 bridgehead atoms. The van der Waals surface area contributed by atoms with E-state index in [4.69, 9.17) is 4.74 Å². The van der Waals surface area contributed by atoms with Gasteiger partial charge in [-0.15, -0.1) is 0 Å². The number of para-hydroxylation sites is 2. The van der Waals surface area contributed by atoms with Gasteiger partial charge in [-0.2, -0.15) is 11.3 Å². The maximum Gasteiger partial charge on any atom is 0.261 e. The first-order valence-corrected chi connectivity index (χ1v) is 12.8. The Morgan fingerprint density at radius 1 is 0.909 bits per heavy atom. The number of rotatable bonds is 9. The summed E-state index contributed by atoms with van der Waals surface area (Å²) in [5.74, 6) is 0.633. The Labute approximate surface area is 197 Å². The van der Waals surface area contributed by atoms with E-state index in [-0.39, 0.29) is 23.5 Å². The summed E-state index contributed by atoms with van der Waals surface area (Å²) in [6.07, 6.45) is 0.310. The molecule has 0 unspecified atom stereocenters. The quantitative estimate of drug-likeness (QED) is 0.342. The van der Waals surface area contributed by atoms with Crippen LogP contribution < -0.4 is 9.46 Å². The monoisotopic (exact) mass is 477 g/mol. The van der Waals surface area contributed by atoms with Gasteiger partial charge in [-0.1, -0.05) is 42.5 Å². The van der Waals surface area contributed by atoms with Gasteiger partial charge in [0.05, 0.1) is 12.0 Å². The van der Waals surface area contributed by atoms with Gasteiger partial charge >= 0.3 is 0 Å². The lowest BCUT2D eigenvalue weighted by Gasteiger charge is -2.13. The fourth-order valence-electron chi connectivity index (χ4n) is 3.64. The third-order valence-electron chi connectivity index (χ3n) is 5.21. The highest BCUT2D eigenvalue weighted by atomic mass is 32.2. The van der Waals surface area contributed by atoms with Crippen LogP contribution >= 0.6 is 11.3 Å². The van der Waals surface area contributed by atoms with Gasteiger partial charge in [-0.05, 0) is 63.8 Å². The van der Waals surface area contributed by atoms with Crippen LogP contribution in [0.25, 0.3) is 11.1 Å². The Hall–Kier alpha value is -3.42. The number of benzene rings is 3. The number of methoxy groups -OCH3 is 1. The lowest BCUT2D eigenvalue weighted by atomic mass is 9.96. The largest absolute Gasteiger partial charge is 0.496 e. The fraction of sp³-hybridized carbons (Fsp3) is 0.115. The van der Waals surface area contributed by atoms with Gasteiger partial charge in [-0.3, -0.25) is 9.52 Å². The third-order valence-corrected chi connectivity index (χ3v) is 7.28. The van der Waals surface area contributed by atoms with Crippen LogP contribution in [0.3, 0.4) is 0 Å². The summed E-state index contributed by atoms with van der Waals surface area (Å²) in [7, 11) is -2.23. The topological polar surface area (TPSA) is 72.5 Å². The summed E-state index contributed by atoms with van der Waals surface area (Å²) < 4.78 is 34.0. The minimum Gasteiger partial charge on any atom is -0.496 e. The van der Waals surface area contributed by atoms with Crippen molar-refractivity contribution in [2.24, 2.45) is 0 Å². The van der Waals surface area contributed by atoms with E-state index in [0.29, 0.717) is 17.0 Å². The van der Waals surface area contributed by atoms with Crippen molar-refractivity contribution in [3.8, 4) is 16.9 Å². The van der Waals surface area contributed by atoms with Crippen molar-refractivity contribution in [1.82, 2.24) is 0 Å². The Bertz CT molecular complexity index is 1350. The molecule has 0 fully saturated rings. The van der Waals surface area contributed by atoms with Crippen molar-refractivity contribution in [1.29, 1.82) is 0 Å². The van der Waals surface area contributed by atoms with Gasteiger partial charge in [-0.25, -0.2) is 8.42 Å². The van der Waals surface area contributed by atoms with Crippen molar-refractivity contribution >= 4 is 32.8 Å². The average molecular weight is 478 g/mol. The molecule has 168 valence electrons. The smallest absolute Gasteiger partial charge is 0.261 e. The number of anilines is 1. The van der Waals surface area contributed by atoms with Crippen molar-refractivity contribution in [2.75, 3.05) is 11.8 Å². The van der Waals surface area contributed by atoms with Gasteiger partial charge in [0.25, 0.3) is 10.0 Å². The molecule has 33 heavy (non-hydrogen) atoms. The van der Waals surface area contributed by atoms with Crippen LogP contribution in [-0.2, 0) is 27.7 Å². The highest BCUT2D eigenvalue weighted by Crippen LogP contribution is 2.30. The van der Waals surface area contributed by atoms with Crippen molar-refractivity contribution in [2.45, 2.75) is 17.7 Å². The molecule has 0 amide bonds. The zero-order valence-electron chi connectivity index (χ0n) is 18.0. The molecule has 0 aliphatic rings. The van der Waals surface area contributed by atoms with Crippen molar-refractivity contribution in [3.05, 3.63) is 101 Å². The zero-order chi connectivity index (χ0) is 23.3. The molecule has 0 saturated carbocycles. The van der Waals surface area contributed by atoms with Gasteiger partial charge in [0, 0.05) is 24.1 Å². The van der Waals surface area contributed by atoms with Gasteiger partial charge in [0.1, 0.15) is 11.5 Å². The molecule has 4 rings (SSSR count). The second-order valence-electron chi connectivity index (χ2n) is 7.51. The number of hydrogen-bond donors (Lipinski definition) is 1.